The lowest BCUT2D eigenvalue weighted by atomic mass is 9.95. The van der Waals surface area contributed by atoms with Gasteiger partial charge in [0.25, 0.3) is 0 Å². The molecule has 150 valence electrons. The number of nitrogens with zero attached hydrogens (tertiary/aromatic N) is 1. The Kier molecular flexibility index (Phi) is 21.4. The third-order valence-corrected chi connectivity index (χ3v) is 5.26. The van der Waals surface area contributed by atoms with E-state index in [1.807, 2.05) is 32.3 Å². The molecule has 0 spiro atoms. The van der Waals surface area contributed by atoms with Crippen molar-refractivity contribution in [2.75, 3.05) is 5.75 Å². The molecule has 1 aliphatic rings. The molecule has 1 amide bonds. The summed E-state index contributed by atoms with van der Waals surface area (Å²) in [5.74, 6) is 1.37. The minimum absolute atomic E-state index is 0.672. The van der Waals surface area contributed by atoms with Crippen LogP contribution in [-0.2, 0) is 4.79 Å². The molecule has 3 nitrogen and oxygen atoms in total. The smallest absolute Gasteiger partial charge is 0.212 e. The van der Waals surface area contributed by atoms with Gasteiger partial charge in [-0.3, -0.25) is 4.79 Å². The summed E-state index contributed by atoms with van der Waals surface area (Å²) in [4.78, 5) is 11.9. The number of carbonyl (C=O) groups excluding carboxylic acids is 1. The number of hydrogen-bond acceptors (Lipinski definition) is 4. The predicted octanol–water partition coefficient (Wildman–Crippen LogP) is 7.28. The average molecular weight is 399 g/mol. The lowest BCUT2D eigenvalue weighted by Gasteiger charge is -2.18. The highest BCUT2D eigenvalue weighted by molar-refractivity contribution is 8.03. The number of nitrogens with one attached hydrogen (secondary N) is 1. The second-order valence-corrected chi connectivity index (χ2v) is 7.31. The third kappa shape index (κ3) is 14.3. The van der Waals surface area contributed by atoms with Crippen LogP contribution in [0.5, 0.6) is 0 Å². The van der Waals surface area contributed by atoms with Gasteiger partial charge in [-0.1, -0.05) is 58.8 Å². The maximum Gasteiger partial charge on any atom is 0.212 e. The number of allylic oxidation sites excluding steroid dienone is 4. The Balaban J connectivity index is 0. The van der Waals surface area contributed by atoms with Crippen LogP contribution in [0.3, 0.4) is 0 Å². The first-order valence-corrected chi connectivity index (χ1v) is 11.5. The number of amides is 1. The van der Waals surface area contributed by atoms with E-state index < -0.39 is 0 Å². The second kappa shape index (κ2) is 20.4. The molecule has 0 atom stereocenters. The van der Waals surface area contributed by atoms with Gasteiger partial charge in [0, 0.05) is 16.9 Å². The zero-order valence-corrected chi connectivity index (χ0v) is 19.2. The zero-order valence-electron chi connectivity index (χ0n) is 17.6. The van der Waals surface area contributed by atoms with Crippen molar-refractivity contribution in [3.63, 3.8) is 0 Å². The predicted molar refractivity (Wildman–Crippen MR) is 124 cm³/mol. The second-order valence-electron chi connectivity index (χ2n) is 5.56. The van der Waals surface area contributed by atoms with Crippen molar-refractivity contribution < 1.29 is 4.79 Å². The Morgan fingerprint density at radius 2 is 1.85 bits per heavy atom. The van der Waals surface area contributed by atoms with Gasteiger partial charge in [-0.25, -0.2) is 0 Å². The molecule has 0 bridgehead atoms. The van der Waals surface area contributed by atoms with Crippen LogP contribution in [-0.4, -0.2) is 18.0 Å². The van der Waals surface area contributed by atoms with E-state index in [0.29, 0.717) is 18.0 Å². The molecular weight excluding hydrogens is 360 g/mol. The molecule has 0 unspecified atom stereocenters. The van der Waals surface area contributed by atoms with Crippen molar-refractivity contribution >= 4 is 36.0 Å². The standard InChI is InChI=1S/C15H22N2OS2.C4H10.C2H6/c1-4-9-19-10-15(16-11-18)17-20-14-8-6-5-7-13(14)12(2)3;1-3-4-2;1-2/h4,9,11H,2,5-8,10H2,1,3H3,(H,16,17,18);3-4H2,1-2H3;1-2H3/b9-4-;;. The fraction of sp³-hybridized carbons (Fsp3) is 0.619. The van der Waals surface area contributed by atoms with Gasteiger partial charge in [-0.05, 0) is 50.5 Å². The Morgan fingerprint density at radius 1 is 1.23 bits per heavy atom. The van der Waals surface area contributed by atoms with Crippen LogP contribution in [0.1, 0.15) is 80.1 Å². The van der Waals surface area contributed by atoms with Crippen molar-refractivity contribution in [3.8, 4) is 0 Å². The quantitative estimate of drug-likeness (QED) is 0.202. The molecule has 0 heterocycles. The first-order valence-electron chi connectivity index (χ1n) is 9.65. The van der Waals surface area contributed by atoms with Crippen LogP contribution in [0.25, 0.3) is 0 Å². The van der Waals surface area contributed by atoms with Gasteiger partial charge in [0.05, 0.1) is 5.75 Å². The fourth-order valence-corrected chi connectivity index (χ4v) is 3.56. The molecule has 0 fully saturated rings. The summed E-state index contributed by atoms with van der Waals surface area (Å²) >= 11 is 3.10. The van der Waals surface area contributed by atoms with E-state index in [2.05, 4.69) is 37.1 Å². The molecule has 0 aromatic rings. The van der Waals surface area contributed by atoms with Crippen molar-refractivity contribution in [1.82, 2.24) is 5.32 Å². The van der Waals surface area contributed by atoms with Crippen molar-refractivity contribution in [3.05, 3.63) is 34.1 Å². The summed E-state index contributed by atoms with van der Waals surface area (Å²) in [6.07, 6.45) is 9.89. The maximum absolute atomic E-state index is 10.6. The maximum atomic E-state index is 10.6. The highest BCUT2D eigenvalue weighted by Crippen LogP contribution is 2.36. The van der Waals surface area contributed by atoms with Crippen LogP contribution in [0, 0.1) is 0 Å². The Bertz CT molecular complexity index is 467. The molecule has 5 heteroatoms. The number of amidine groups is 1. The molecule has 0 aliphatic heterocycles. The average Bonchev–Trinajstić information content (AvgIpc) is 2.68. The van der Waals surface area contributed by atoms with Gasteiger partial charge in [-0.15, -0.1) is 11.8 Å². The zero-order chi connectivity index (χ0) is 20.2. The van der Waals surface area contributed by atoms with Gasteiger partial charge in [-0.2, -0.15) is 4.40 Å². The van der Waals surface area contributed by atoms with E-state index in [-0.39, 0.29) is 0 Å². The molecule has 26 heavy (non-hydrogen) atoms. The lowest BCUT2D eigenvalue weighted by Crippen LogP contribution is -2.23. The number of unbranched alkanes of at least 4 members (excludes halogenated alkanes) is 1. The van der Waals surface area contributed by atoms with Crippen LogP contribution < -0.4 is 5.32 Å². The SMILES string of the molecule is C=C(C)C1=C(S/N=C(/CS/C=C\C)NC=O)CCCC1.CC.CCCC. The van der Waals surface area contributed by atoms with E-state index in [1.54, 1.807) is 11.8 Å². The topological polar surface area (TPSA) is 41.5 Å². The minimum atomic E-state index is 0.672. The van der Waals surface area contributed by atoms with E-state index in [0.717, 1.165) is 18.4 Å². The van der Waals surface area contributed by atoms with Crippen LogP contribution in [0.4, 0.5) is 0 Å². The van der Waals surface area contributed by atoms with Crippen molar-refractivity contribution in [2.45, 2.75) is 80.1 Å². The highest BCUT2D eigenvalue weighted by Gasteiger charge is 2.14. The normalized spacial score (nSPS) is 14.2. The summed E-state index contributed by atoms with van der Waals surface area (Å²) in [5, 5.41) is 4.67. The van der Waals surface area contributed by atoms with Gasteiger partial charge >= 0.3 is 0 Å². The number of thioether (sulfide) groups is 1. The molecule has 0 radical (unpaired) electrons. The van der Waals surface area contributed by atoms with E-state index in [1.165, 1.54) is 48.1 Å². The number of carbonyl (C=O) groups is 1. The van der Waals surface area contributed by atoms with E-state index in [9.17, 15) is 4.79 Å². The summed E-state index contributed by atoms with van der Waals surface area (Å²) in [5.41, 5.74) is 2.48. The summed E-state index contributed by atoms with van der Waals surface area (Å²) in [6, 6.07) is 0. The van der Waals surface area contributed by atoms with Crippen LogP contribution >= 0.6 is 23.7 Å². The molecular formula is C21H38N2OS2. The molecule has 0 aromatic carbocycles. The lowest BCUT2D eigenvalue weighted by molar-refractivity contribution is -0.108. The summed E-state index contributed by atoms with van der Waals surface area (Å²) in [6.45, 7) is 16.4. The Hall–Kier alpha value is -0.940. The van der Waals surface area contributed by atoms with E-state index in [4.69, 9.17) is 0 Å². The van der Waals surface area contributed by atoms with Gasteiger partial charge in [0.15, 0.2) is 0 Å². The third-order valence-electron chi connectivity index (χ3n) is 3.38. The molecule has 1 N–H and O–H groups in total. The Morgan fingerprint density at radius 3 is 2.35 bits per heavy atom. The molecule has 0 saturated heterocycles. The van der Waals surface area contributed by atoms with Gasteiger partial charge in [0.1, 0.15) is 5.84 Å². The van der Waals surface area contributed by atoms with Gasteiger partial charge in [0.2, 0.25) is 6.41 Å². The summed E-state index contributed by atoms with van der Waals surface area (Å²) in [7, 11) is 0. The Labute approximate surface area is 170 Å². The number of hydrogen-bond donors (Lipinski definition) is 1. The minimum Gasteiger partial charge on any atom is -0.316 e. The summed E-state index contributed by atoms with van der Waals surface area (Å²) < 4.78 is 4.48. The van der Waals surface area contributed by atoms with Crippen molar-refractivity contribution in [2.24, 2.45) is 4.40 Å². The van der Waals surface area contributed by atoms with Gasteiger partial charge < -0.3 is 5.32 Å². The van der Waals surface area contributed by atoms with Crippen LogP contribution in [0.2, 0.25) is 0 Å². The first-order chi connectivity index (χ1) is 12.6. The molecule has 1 rings (SSSR count). The molecule has 0 saturated carbocycles. The fourth-order valence-electron chi connectivity index (χ4n) is 1.93. The van der Waals surface area contributed by atoms with E-state index >= 15 is 0 Å². The molecule has 1 aliphatic carbocycles. The number of rotatable bonds is 8. The molecule has 0 aromatic heterocycles. The monoisotopic (exact) mass is 398 g/mol. The highest BCUT2D eigenvalue weighted by atomic mass is 32.2. The van der Waals surface area contributed by atoms with Crippen molar-refractivity contribution in [1.29, 1.82) is 0 Å². The first kappa shape index (κ1) is 27.3. The largest absolute Gasteiger partial charge is 0.316 e. The van der Waals surface area contributed by atoms with Crippen LogP contribution in [0.15, 0.2) is 38.5 Å².